The van der Waals surface area contributed by atoms with E-state index in [9.17, 15) is 0 Å². The molecule has 0 saturated heterocycles. The Morgan fingerprint density at radius 2 is 1.52 bits per heavy atom. The SMILES string of the molecule is CCS[C@H](C)[C@@H]1C[C@@H]1P(c1ccccc1)c1ccccc1. The predicted octanol–water partition coefficient (Wildman–Crippen LogP) is 4.65. The van der Waals surface area contributed by atoms with E-state index in [0.717, 1.165) is 16.8 Å². The predicted molar refractivity (Wildman–Crippen MR) is 98.6 cm³/mol. The van der Waals surface area contributed by atoms with E-state index in [1.807, 2.05) is 0 Å². The van der Waals surface area contributed by atoms with E-state index in [1.54, 1.807) is 10.6 Å². The van der Waals surface area contributed by atoms with Gasteiger partial charge >= 0.3 is 0 Å². The van der Waals surface area contributed by atoms with Gasteiger partial charge in [-0.15, -0.1) is 0 Å². The molecule has 0 heterocycles. The molecule has 1 aliphatic carbocycles. The van der Waals surface area contributed by atoms with Crippen molar-refractivity contribution in [2.75, 3.05) is 5.75 Å². The molecule has 1 fully saturated rings. The second kappa shape index (κ2) is 6.99. The molecule has 3 rings (SSSR count). The van der Waals surface area contributed by atoms with Crippen molar-refractivity contribution in [1.82, 2.24) is 0 Å². The molecule has 1 saturated carbocycles. The third-order valence-electron chi connectivity index (χ3n) is 4.24. The minimum absolute atomic E-state index is 0.195. The Kier molecular flexibility index (Phi) is 5.03. The van der Waals surface area contributed by atoms with E-state index in [2.05, 4.69) is 86.3 Å². The van der Waals surface area contributed by atoms with E-state index in [-0.39, 0.29) is 7.92 Å². The molecule has 0 nitrogen and oxygen atoms in total. The van der Waals surface area contributed by atoms with Crippen LogP contribution in [0, 0.1) is 5.92 Å². The molecule has 2 aromatic rings. The van der Waals surface area contributed by atoms with Crippen molar-refractivity contribution in [3.8, 4) is 0 Å². The summed E-state index contributed by atoms with van der Waals surface area (Å²) in [5, 5.41) is 3.89. The van der Waals surface area contributed by atoms with Crippen LogP contribution in [-0.4, -0.2) is 16.7 Å². The van der Waals surface area contributed by atoms with Gasteiger partial charge in [-0.1, -0.05) is 74.5 Å². The molecule has 0 radical (unpaired) electrons. The molecule has 110 valence electrons. The van der Waals surface area contributed by atoms with Gasteiger partial charge in [0.05, 0.1) is 0 Å². The molecule has 0 aliphatic heterocycles. The maximum atomic E-state index is 2.42. The van der Waals surface area contributed by atoms with Gasteiger partial charge < -0.3 is 0 Å². The monoisotopic (exact) mass is 314 g/mol. The van der Waals surface area contributed by atoms with Crippen LogP contribution in [0.5, 0.6) is 0 Å². The molecule has 1 aliphatic rings. The van der Waals surface area contributed by atoms with Crippen LogP contribution in [0.25, 0.3) is 0 Å². The van der Waals surface area contributed by atoms with Crippen molar-refractivity contribution in [1.29, 1.82) is 0 Å². The quantitative estimate of drug-likeness (QED) is 0.699. The van der Waals surface area contributed by atoms with Gasteiger partial charge in [-0.3, -0.25) is 0 Å². The highest BCUT2D eigenvalue weighted by atomic mass is 32.2. The molecule has 0 spiro atoms. The first-order chi connectivity index (χ1) is 10.3. The largest absolute Gasteiger partial charge is 0.159 e. The van der Waals surface area contributed by atoms with Gasteiger partial charge in [-0.2, -0.15) is 11.8 Å². The van der Waals surface area contributed by atoms with Gasteiger partial charge in [0, 0.05) is 5.25 Å². The van der Waals surface area contributed by atoms with E-state index in [1.165, 1.54) is 12.2 Å². The lowest BCUT2D eigenvalue weighted by Gasteiger charge is -2.20. The fourth-order valence-corrected chi connectivity index (χ4v) is 7.43. The van der Waals surface area contributed by atoms with Crippen LogP contribution in [0.1, 0.15) is 20.3 Å². The lowest BCUT2D eigenvalue weighted by molar-refractivity contribution is 0.823. The second-order valence-electron chi connectivity index (χ2n) is 5.67. The second-order valence-corrected chi connectivity index (χ2v) is 9.76. The Morgan fingerprint density at radius 1 is 1.00 bits per heavy atom. The van der Waals surface area contributed by atoms with Crippen LogP contribution in [-0.2, 0) is 0 Å². The van der Waals surface area contributed by atoms with Crippen molar-refractivity contribution in [2.45, 2.75) is 31.2 Å². The lowest BCUT2D eigenvalue weighted by Crippen LogP contribution is -2.16. The average molecular weight is 314 g/mol. The van der Waals surface area contributed by atoms with Gasteiger partial charge in [-0.05, 0) is 42.3 Å². The number of rotatable bonds is 6. The number of thioether (sulfide) groups is 1. The molecule has 21 heavy (non-hydrogen) atoms. The van der Waals surface area contributed by atoms with Gasteiger partial charge in [0.2, 0.25) is 0 Å². The summed E-state index contributed by atoms with van der Waals surface area (Å²) in [6.45, 7) is 4.69. The van der Waals surface area contributed by atoms with Crippen LogP contribution >= 0.6 is 19.7 Å². The zero-order chi connectivity index (χ0) is 14.7. The summed E-state index contributed by atoms with van der Waals surface area (Å²) in [7, 11) is -0.195. The third kappa shape index (κ3) is 3.52. The van der Waals surface area contributed by atoms with E-state index >= 15 is 0 Å². The Morgan fingerprint density at radius 3 is 2.00 bits per heavy atom. The maximum Gasteiger partial charge on any atom is 0.00533 e. The minimum atomic E-state index is -0.195. The third-order valence-corrected chi connectivity index (χ3v) is 8.41. The van der Waals surface area contributed by atoms with E-state index < -0.39 is 0 Å². The van der Waals surface area contributed by atoms with Crippen LogP contribution in [0.4, 0.5) is 0 Å². The van der Waals surface area contributed by atoms with E-state index in [0.29, 0.717) is 0 Å². The molecule has 0 N–H and O–H groups in total. The fourth-order valence-electron chi connectivity index (χ4n) is 3.10. The van der Waals surface area contributed by atoms with Gasteiger partial charge in [0.15, 0.2) is 0 Å². The summed E-state index contributed by atoms with van der Waals surface area (Å²) in [5.74, 6) is 2.14. The highest BCUT2D eigenvalue weighted by Crippen LogP contribution is 2.58. The molecular formula is C19H23PS. The molecule has 3 atom stereocenters. The van der Waals surface area contributed by atoms with E-state index in [4.69, 9.17) is 0 Å². The normalized spacial score (nSPS) is 22.2. The summed E-state index contributed by atoms with van der Waals surface area (Å²) in [6, 6.07) is 22.3. The molecule has 0 aromatic heterocycles. The van der Waals surface area contributed by atoms with Gasteiger partial charge in [0.25, 0.3) is 0 Å². The molecule has 0 bridgehead atoms. The summed E-state index contributed by atoms with van der Waals surface area (Å²) < 4.78 is 0. The first kappa shape index (κ1) is 15.1. The highest BCUT2D eigenvalue weighted by molar-refractivity contribution is 7.99. The summed E-state index contributed by atoms with van der Waals surface area (Å²) in [5.41, 5.74) is 0.874. The molecule has 2 aromatic carbocycles. The maximum absolute atomic E-state index is 2.42. The smallest absolute Gasteiger partial charge is 0.00533 e. The standard InChI is InChI=1S/C19H23PS/c1-3-21-15(2)18-14-19(18)20(16-10-6-4-7-11-16)17-12-8-5-9-13-17/h4-13,15,18-19H,3,14H2,1-2H3/t15-,18+,19+/m1/s1. The summed E-state index contributed by atoms with van der Waals surface area (Å²) in [6.07, 6.45) is 1.41. The minimum Gasteiger partial charge on any atom is -0.159 e. The van der Waals surface area contributed by atoms with Crippen molar-refractivity contribution >= 4 is 30.3 Å². The van der Waals surface area contributed by atoms with Crippen LogP contribution < -0.4 is 10.6 Å². The fraction of sp³-hybridized carbons (Fsp3) is 0.368. The Hall–Kier alpha value is -0.780. The van der Waals surface area contributed by atoms with Crippen molar-refractivity contribution < 1.29 is 0 Å². The topological polar surface area (TPSA) is 0 Å². The Labute approximate surface area is 134 Å². The zero-order valence-electron chi connectivity index (χ0n) is 12.8. The number of benzene rings is 2. The van der Waals surface area contributed by atoms with Crippen LogP contribution in [0.15, 0.2) is 60.7 Å². The van der Waals surface area contributed by atoms with Crippen molar-refractivity contribution in [2.24, 2.45) is 5.92 Å². The van der Waals surface area contributed by atoms with Gasteiger partial charge in [0.1, 0.15) is 0 Å². The van der Waals surface area contributed by atoms with Crippen molar-refractivity contribution in [3.05, 3.63) is 60.7 Å². The molecule has 2 heteroatoms. The van der Waals surface area contributed by atoms with Crippen LogP contribution in [0.3, 0.4) is 0 Å². The Bertz CT molecular complexity index is 515. The number of hydrogen-bond acceptors (Lipinski definition) is 1. The highest BCUT2D eigenvalue weighted by Gasteiger charge is 2.46. The van der Waals surface area contributed by atoms with Crippen molar-refractivity contribution in [3.63, 3.8) is 0 Å². The average Bonchev–Trinajstić information content (AvgIpc) is 3.30. The molecular weight excluding hydrogens is 291 g/mol. The summed E-state index contributed by atoms with van der Waals surface area (Å²) >= 11 is 2.12. The lowest BCUT2D eigenvalue weighted by atomic mass is 10.3. The van der Waals surface area contributed by atoms with Gasteiger partial charge in [-0.25, -0.2) is 0 Å². The first-order valence-electron chi connectivity index (χ1n) is 7.82. The first-order valence-corrected chi connectivity index (χ1v) is 10.3. The summed E-state index contributed by atoms with van der Waals surface area (Å²) in [4.78, 5) is 0. The molecule has 0 unspecified atom stereocenters. The van der Waals surface area contributed by atoms with Crippen LogP contribution in [0.2, 0.25) is 0 Å². The zero-order valence-corrected chi connectivity index (χ0v) is 14.5. The molecule has 0 amide bonds. The number of hydrogen-bond donors (Lipinski definition) is 0. The Balaban J connectivity index is 1.85.